The van der Waals surface area contributed by atoms with Crippen LogP contribution in [0.25, 0.3) is 0 Å². The fourth-order valence-corrected chi connectivity index (χ4v) is 4.13. The van der Waals surface area contributed by atoms with Crippen molar-refractivity contribution in [3.63, 3.8) is 0 Å². The number of methoxy groups -OCH3 is 1. The van der Waals surface area contributed by atoms with Gasteiger partial charge in [-0.15, -0.1) is 0 Å². The molecule has 2 aromatic rings. The van der Waals surface area contributed by atoms with Gasteiger partial charge in [0.05, 0.1) is 18.6 Å². The molecule has 21 heavy (non-hydrogen) atoms. The van der Waals surface area contributed by atoms with Crippen LogP contribution in [0.1, 0.15) is 11.1 Å². The predicted molar refractivity (Wildman–Crippen MR) is 92.7 cm³/mol. The van der Waals surface area contributed by atoms with Gasteiger partial charge in [0.15, 0.2) is 0 Å². The number of ether oxygens (including phenoxy) is 1. The standard InChI is InChI=1S/C15H13BrCl2O2S/c1-20-15-5-3-12(16)6-11(15)9-21(19)8-10-2-4-13(17)7-14(10)18/h2-7H,8-9H2,1H3. The van der Waals surface area contributed by atoms with Crippen molar-refractivity contribution >= 4 is 49.9 Å². The summed E-state index contributed by atoms with van der Waals surface area (Å²) in [5, 5.41) is 1.11. The van der Waals surface area contributed by atoms with Crippen LogP contribution in [0, 0.1) is 0 Å². The third-order valence-corrected chi connectivity index (χ3v) is 5.24. The monoisotopic (exact) mass is 406 g/mol. The smallest absolute Gasteiger partial charge is 0.123 e. The maximum Gasteiger partial charge on any atom is 0.123 e. The number of halogens is 3. The molecule has 0 spiro atoms. The zero-order valence-electron chi connectivity index (χ0n) is 11.2. The first-order valence-electron chi connectivity index (χ1n) is 6.11. The third-order valence-electron chi connectivity index (χ3n) is 2.89. The van der Waals surface area contributed by atoms with Crippen LogP contribution in [0.4, 0.5) is 0 Å². The van der Waals surface area contributed by atoms with Crippen molar-refractivity contribution in [3.05, 3.63) is 62.0 Å². The molecule has 1 unspecified atom stereocenters. The Morgan fingerprint density at radius 1 is 1.10 bits per heavy atom. The van der Waals surface area contributed by atoms with Crippen molar-refractivity contribution in [3.8, 4) is 5.75 Å². The molecule has 1 atom stereocenters. The minimum Gasteiger partial charge on any atom is -0.496 e. The molecule has 0 aliphatic rings. The van der Waals surface area contributed by atoms with Crippen LogP contribution < -0.4 is 4.74 Å². The van der Waals surface area contributed by atoms with Crippen molar-refractivity contribution in [1.29, 1.82) is 0 Å². The second-order valence-corrected chi connectivity index (χ2v) is 7.64. The Kier molecular flexibility index (Phi) is 6.11. The van der Waals surface area contributed by atoms with E-state index in [0.717, 1.165) is 21.3 Å². The maximum absolute atomic E-state index is 12.3. The third kappa shape index (κ3) is 4.71. The van der Waals surface area contributed by atoms with Gasteiger partial charge in [0, 0.05) is 30.9 Å². The van der Waals surface area contributed by atoms with Crippen molar-refractivity contribution in [2.45, 2.75) is 11.5 Å². The lowest BCUT2D eigenvalue weighted by molar-refractivity contribution is 0.411. The first-order valence-corrected chi connectivity index (χ1v) is 9.14. The molecule has 0 aliphatic carbocycles. The van der Waals surface area contributed by atoms with Gasteiger partial charge in [-0.2, -0.15) is 0 Å². The normalized spacial score (nSPS) is 12.2. The molecule has 0 N–H and O–H groups in total. The van der Waals surface area contributed by atoms with Gasteiger partial charge in [0.25, 0.3) is 0 Å². The van der Waals surface area contributed by atoms with Gasteiger partial charge >= 0.3 is 0 Å². The summed E-state index contributed by atoms with van der Waals surface area (Å²) < 4.78 is 18.6. The molecular weight excluding hydrogens is 395 g/mol. The minimum absolute atomic E-state index is 0.381. The highest BCUT2D eigenvalue weighted by atomic mass is 79.9. The highest BCUT2D eigenvalue weighted by Crippen LogP contribution is 2.26. The molecule has 0 heterocycles. The molecule has 2 nitrogen and oxygen atoms in total. The lowest BCUT2D eigenvalue weighted by atomic mass is 10.2. The molecule has 0 saturated carbocycles. The number of hydrogen-bond acceptors (Lipinski definition) is 2. The van der Waals surface area contributed by atoms with Crippen LogP contribution >= 0.6 is 39.1 Å². The first-order chi connectivity index (χ1) is 9.99. The summed E-state index contributed by atoms with van der Waals surface area (Å²) in [4.78, 5) is 0. The predicted octanol–water partition coefficient (Wildman–Crippen LogP) is 5.21. The molecular formula is C15H13BrCl2O2S. The summed E-state index contributed by atoms with van der Waals surface area (Å²) in [6.07, 6.45) is 0. The molecule has 0 bridgehead atoms. The fraction of sp³-hybridized carbons (Fsp3) is 0.200. The second kappa shape index (κ2) is 7.63. The average Bonchev–Trinajstić information content (AvgIpc) is 2.42. The lowest BCUT2D eigenvalue weighted by Gasteiger charge is -2.10. The Balaban J connectivity index is 2.13. The average molecular weight is 408 g/mol. The zero-order chi connectivity index (χ0) is 15.4. The van der Waals surface area contributed by atoms with E-state index in [1.807, 2.05) is 18.2 Å². The van der Waals surface area contributed by atoms with Crippen molar-refractivity contribution in [1.82, 2.24) is 0 Å². The van der Waals surface area contributed by atoms with E-state index in [-0.39, 0.29) is 0 Å². The molecule has 2 rings (SSSR count). The summed E-state index contributed by atoms with van der Waals surface area (Å²) in [7, 11) is 0.516. The van der Waals surface area contributed by atoms with E-state index >= 15 is 0 Å². The largest absolute Gasteiger partial charge is 0.496 e. The Morgan fingerprint density at radius 3 is 2.48 bits per heavy atom. The van der Waals surface area contributed by atoms with Crippen molar-refractivity contribution < 1.29 is 8.95 Å². The van der Waals surface area contributed by atoms with E-state index in [0.29, 0.717) is 21.6 Å². The van der Waals surface area contributed by atoms with Gasteiger partial charge in [-0.05, 0) is 35.9 Å². The molecule has 0 aliphatic heterocycles. The summed E-state index contributed by atoms with van der Waals surface area (Å²) in [5.74, 6) is 1.52. The van der Waals surface area contributed by atoms with Gasteiger partial charge in [0.2, 0.25) is 0 Å². The summed E-state index contributed by atoms with van der Waals surface area (Å²) in [6, 6.07) is 10.9. The number of hydrogen-bond donors (Lipinski definition) is 0. The first kappa shape index (κ1) is 16.8. The van der Waals surface area contributed by atoms with E-state index in [1.165, 1.54) is 0 Å². The van der Waals surface area contributed by atoms with Gasteiger partial charge in [-0.3, -0.25) is 4.21 Å². The van der Waals surface area contributed by atoms with E-state index in [4.69, 9.17) is 27.9 Å². The zero-order valence-corrected chi connectivity index (χ0v) is 15.2. The topological polar surface area (TPSA) is 26.3 Å². The minimum atomic E-state index is -1.09. The van der Waals surface area contributed by atoms with Gasteiger partial charge < -0.3 is 4.74 Å². The van der Waals surface area contributed by atoms with Crippen LogP contribution in [0.5, 0.6) is 5.75 Å². The molecule has 0 saturated heterocycles. The molecule has 0 aromatic heterocycles. The maximum atomic E-state index is 12.3. The molecule has 112 valence electrons. The Morgan fingerprint density at radius 2 is 1.81 bits per heavy atom. The summed E-state index contributed by atoms with van der Waals surface area (Å²) in [6.45, 7) is 0. The van der Waals surface area contributed by atoms with Crippen molar-refractivity contribution in [2.24, 2.45) is 0 Å². The SMILES string of the molecule is COc1ccc(Br)cc1CS(=O)Cc1ccc(Cl)cc1Cl. The van der Waals surface area contributed by atoms with Crippen LogP contribution in [0.3, 0.4) is 0 Å². The van der Waals surface area contributed by atoms with Crippen LogP contribution in [-0.2, 0) is 22.3 Å². The highest BCUT2D eigenvalue weighted by Gasteiger charge is 2.11. The Bertz CT molecular complexity index is 677. The molecule has 2 aromatic carbocycles. The highest BCUT2D eigenvalue weighted by molar-refractivity contribution is 9.10. The van der Waals surface area contributed by atoms with E-state index < -0.39 is 10.8 Å². The van der Waals surface area contributed by atoms with Gasteiger partial charge in [-0.1, -0.05) is 45.2 Å². The van der Waals surface area contributed by atoms with E-state index in [1.54, 1.807) is 25.3 Å². The lowest BCUT2D eigenvalue weighted by Crippen LogP contribution is -2.02. The van der Waals surface area contributed by atoms with Gasteiger partial charge in [0.1, 0.15) is 5.75 Å². The molecule has 0 amide bonds. The quantitative estimate of drug-likeness (QED) is 0.679. The van der Waals surface area contributed by atoms with Gasteiger partial charge in [-0.25, -0.2) is 0 Å². The summed E-state index contributed by atoms with van der Waals surface area (Å²) in [5.41, 5.74) is 1.73. The van der Waals surface area contributed by atoms with Crippen LogP contribution in [-0.4, -0.2) is 11.3 Å². The Labute approximate surface area is 145 Å². The van der Waals surface area contributed by atoms with E-state index in [2.05, 4.69) is 15.9 Å². The van der Waals surface area contributed by atoms with Crippen LogP contribution in [0.15, 0.2) is 40.9 Å². The van der Waals surface area contributed by atoms with Crippen LogP contribution in [0.2, 0.25) is 10.0 Å². The summed E-state index contributed by atoms with van der Waals surface area (Å²) >= 11 is 15.4. The fourth-order valence-electron chi connectivity index (χ4n) is 1.90. The number of benzene rings is 2. The molecule has 0 fully saturated rings. The molecule has 6 heteroatoms. The van der Waals surface area contributed by atoms with E-state index in [9.17, 15) is 4.21 Å². The second-order valence-electron chi connectivity index (χ2n) is 4.42. The Hall–Kier alpha value is -0.550. The number of rotatable bonds is 5. The molecule has 0 radical (unpaired) electrons. The van der Waals surface area contributed by atoms with Crippen molar-refractivity contribution in [2.75, 3.05) is 7.11 Å².